The molecule has 16 heavy (non-hydrogen) atoms. The van der Waals surface area contributed by atoms with Gasteiger partial charge in [0.25, 0.3) is 0 Å². The quantitative estimate of drug-likeness (QED) is 0.495. The molecule has 1 aliphatic heterocycles. The van der Waals surface area contributed by atoms with Crippen molar-refractivity contribution in [3.63, 3.8) is 0 Å². The normalized spacial score (nSPS) is 17.3. The molecule has 1 aromatic rings. The minimum Gasteiger partial charge on any atom is -0.347 e. The maximum atomic E-state index is 5.23. The van der Waals surface area contributed by atoms with Gasteiger partial charge in [-0.05, 0) is 40.6 Å². The first-order chi connectivity index (χ1) is 7.74. The zero-order valence-electron chi connectivity index (χ0n) is 8.64. The number of nitrogens with one attached hydrogen (secondary N) is 1. The Morgan fingerprint density at radius 1 is 1.31 bits per heavy atom. The third-order valence-corrected chi connectivity index (χ3v) is 4.31. The van der Waals surface area contributed by atoms with Gasteiger partial charge in [0.2, 0.25) is 0 Å². The first-order valence-corrected chi connectivity index (χ1v) is 7.27. The lowest BCUT2D eigenvalue weighted by atomic mass is 10.3. The topological polar surface area (TPSA) is 24.4 Å². The summed E-state index contributed by atoms with van der Waals surface area (Å²) in [6.07, 6.45) is 1.89. The molecule has 1 N–H and O–H groups in total. The number of hydrogen-bond donors (Lipinski definition) is 1. The molecule has 1 aromatic carbocycles. The van der Waals surface area contributed by atoms with Crippen LogP contribution in [0.25, 0.3) is 0 Å². The van der Waals surface area contributed by atoms with Gasteiger partial charge >= 0.3 is 0 Å². The van der Waals surface area contributed by atoms with Gasteiger partial charge in [0.05, 0.1) is 5.04 Å². The summed E-state index contributed by atoms with van der Waals surface area (Å²) in [6.45, 7) is 1.99. The van der Waals surface area contributed by atoms with Crippen LogP contribution < -0.4 is 5.32 Å². The smallest absolute Gasteiger partial charge is 0.111 e. The Morgan fingerprint density at radius 2 is 2.06 bits per heavy atom. The van der Waals surface area contributed by atoms with Gasteiger partial charge < -0.3 is 5.32 Å². The molecule has 0 aliphatic carbocycles. The van der Waals surface area contributed by atoms with Crippen LogP contribution in [0.1, 0.15) is 6.92 Å². The Hall–Kier alpha value is -0.780. The third kappa shape index (κ3) is 3.37. The zero-order chi connectivity index (χ0) is 11.4. The van der Waals surface area contributed by atoms with E-state index < -0.39 is 0 Å². The van der Waals surface area contributed by atoms with E-state index in [1.54, 1.807) is 21.6 Å². The van der Waals surface area contributed by atoms with Crippen LogP contribution in [0.5, 0.6) is 0 Å². The average molecular weight is 266 g/mol. The Morgan fingerprint density at radius 3 is 2.69 bits per heavy atom. The summed E-state index contributed by atoms with van der Waals surface area (Å²) in [7, 11) is 3.30. The summed E-state index contributed by atoms with van der Waals surface area (Å²) >= 11 is 5.23. The minimum absolute atomic E-state index is 0.688. The zero-order valence-corrected chi connectivity index (χ0v) is 11.1. The number of aliphatic imine (C=N–C) groups is 1. The average Bonchev–Trinajstić information content (AvgIpc) is 2.65. The summed E-state index contributed by atoms with van der Waals surface area (Å²) in [5.74, 6) is 0. The van der Waals surface area contributed by atoms with Crippen molar-refractivity contribution in [2.24, 2.45) is 4.99 Å². The molecule has 1 aliphatic rings. The van der Waals surface area contributed by atoms with Crippen LogP contribution in [0.2, 0.25) is 0 Å². The molecule has 0 radical (unpaired) electrons. The monoisotopic (exact) mass is 266 g/mol. The van der Waals surface area contributed by atoms with Crippen molar-refractivity contribution in [1.29, 1.82) is 0 Å². The highest BCUT2D eigenvalue weighted by atomic mass is 33.1. The van der Waals surface area contributed by atoms with Crippen LogP contribution in [0.4, 0.5) is 5.69 Å². The molecule has 0 atom stereocenters. The van der Waals surface area contributed by atoms with Gasteiger partial charge in [0.15, 0.2) is 0 Å². The van der Waals surface area contributed by atoms with E-state index >= 15 is 0 Å². The predicted molar refractivity (Wildman–Crippen MR) is 79.0 cm³/mol. The van der Waals surface area contributed by atoms with Crippen molar-refractivity contribution in [3.05, 3.63) is 41.4 Å². The van der Waals surface area contributed by atoms with Gasteiger partial charge in [0, 0.05) is 11.8 Å². The van der Waals surface area contributed by atoms with Crippen LogP contribution in [0.3, 0.4) is 0 Å². The fourth-order valence-corrected chi connectivity index (χ4v) is 3.19. The summed E-state index contributed by atoms with van der Waals surface area (Å²) in [6, 6.07) is 9.89. The Labute approximate surface area is 108 Å². The summed E-state index contributed by atoms with van der Waals surface area (Å²) in [5, 5.41) is 5.17. The van der Waals surface area contributed by atoms with Crippen molar-refractivity contribution in [1.82, 2.24) is 0 Å². The van der Waals surface area contributed by atoms with E-state index in [0.717, 1.165) is 15.8 Å². The van der Waals surface area contributed by atoms with Gasteiger partial charge in [0.1, 0.15) is 10.0 Å². The van der Waals surface area contributed by atoms with Gasteiger partial charge in [-0.15, -0.1) is 0 Å². The van der Waals surface area contributed by atoms with E-state index in [4.69, 9.17) is 12.2 Å². The van der Waals surface area contributed by atoms with Crippen molar-refractivity contribution in [2.75, 3.05) is 5.32 Å². The van der Waals surface area contributed by atoms with E-state index in [0.29, 0.717) is 4.99 Å². The Balaban J connectivity index is 2.00. The lowest BCUT2D eigenvalue weighted by Gasteiger charge is -2.03. The van der Waals surface area contributed by atoms with Gasteiger partial charge in [-0.3, -0.25) is 0 Å². The Bertz CT molecular complexity index is 452. The van der Waals surface area contributed by atoms with Crippen LogP contribution >= 0.6 is 33.8 Å². The molecule has 5 heteroatoms. The SMILES string of the molecule is CC1=N/C(=C\C(=S)Nc2ccccc2)SS1. The number of anilines is 1. The highest BCUT2D eigenvalue weighted by Crippen LogP contribution is 2.38. The van der Waals surface area contributed by atoms with Gasteiger partial charge in [-0.1, -0.05) is 30.4 Å². The molecule has 1 heterocycles. The largest absolute Gasteiger partial charge is 0.347 e. The van der Waals surface area contributed by atoms with Crippen molar-refractivity contribution < 1.29 is 0 Å². The molecular weight excluding hydrogens is 256 g/mol. The summed E-state index contributed by atoms with van der Waals surface area (Å²) in [5.41, 5.74) is 1.00. The van der Waals surface area contributed by atoms with Crippen LogP contribution in [0, 0.1) is 0 Å². The lowest BCUT2D eigenvalue weighted by molar-refractivity contribution is 1.54. The minimum atomic E-state index is 0.688. The molecular formula is C11H10N2S3. The second kappa shape index (κ2) is 5.52. The molecule has 0 fully saturated rings. The number of rotatable bonds is 2. The van der Waals surface area contributed by atoms with Crippen molar-refractivity contribution in [3.8, 4) is 0 Å². The lowest BCUT2D eigenvalue weighted by Crippen LogP contribution is -2.05. The van der Waals surface area contributed by atoms with E-state index in [9.17, 15) is 0 Å². The van der Waals surface area contributed by atoms with Crippen LogP contribution in [0.15, 0.2) is 46.4 Å². The first kappa shape index (κ1) is 11.7. The predicted octanol–water partition coefficient (Wildman–Crippen LogP) is 4.08. The molecule has 0 spiro atoms. The second-order valence-electron chi connectivity index (χ2n) is 3.14. The highest BCUT2D eigenvalue weighted by Gasteiger charge is 2.09. The number of hydrogen-bond acceptors (Lipinski definition) is 4. The molecule has 82 valence electrons. The molecule has 2 nitrogen and oxygen atoms in total. The molecule has 0 amide bonds. The van der Waals surface area contributed by atoms with Gasteiger partial charge in [-0.2, -0.15) is 0 Å². The van der Waals surface area contributed by atoms with Gasteiger partial charge in [-0.25, -0.2) is 4.99 Å². The number of nitrogens with zero attached hydrogens (tertiary/aromatic N) is 1. The molecule has 0 bridgehead atoms. The van der Waals surface area contributed by atoms with Crippen molar-refractivity contribution in [2.45, 2.75) is 6.92 Å². The van der Waals surface area contributed by atoms with E-state index in [-0.39, 0.29) is 0 Å². The fourth-order valence-electron chi connectivity index (χ4n) is 1.16. The third-order valence-electron chi connectivity index (χ3n) is 1.81. The van der Waals surface area contributed by atoms with Crippen LogP contribution in [-0.4, -0.2) is 10.0 Å². The highest BCUT2D eigenvalue weighted by molar-refractivity contribution is 8.84. The maximum absolute atomic E-state index is 5.23. The van der Waals surface area contributed by atoms with Crippen molar-refractivity contribution >= 4 is 49.5 Å². The van der Waals surface area contributed by atoms with E-state index in [1.165, 1.54) is 0 Å². The molecule has 0 unspecified atom stereocenters. The first-order valence-electron chi connectivity index (χ1n) is 4.71. The maximum Gasteiger partial charge on any atom is 0.111 e. The van der Waals surface area contributed by atoms with E-state index in [1.807, 2.05) is 43.3 Å². The summed E-state index contributed by atoms with van der Waals surface area (Å²) < 4.78 is 0. The molecule has 0 saturated carbocycles. The fraction of sp³-hybridized carbons (Fsp3) is 0.0909. The van der Waals surface area contributed by atoms with E-state index in [2.05, 4.69) is 10.3 Å². The number of para-hydroxylation sites is 1. The number of benzene rings is 1. The molecule has 0 aromatic heterocycles. The van der Waals surface area contributed by atoms with Crippen LogP contribution in [-0.2, 0) is 0 Å². The Kier molecular flexibility index (Phi) is 4.04. The summed E-state index contributed by atoms with van der Waals surface area (Å²) in [4.78, 5) is 5.03. The number of thiocarbonyl (C=S) groups is 1. The second-order valence-corrected chi connectivity index (χ2v) is 5.92. The standard InChI is InChI=1S/C11H10N2S3/c1-8-12-11(16-15-8)7-10(14)13-9-5-3-2-4-6-9/h2-7H,1H3,(H,13,14)/b11-7+. The molecule has 0 saturated heterocycles. The molecule has 2 rings (SSSR count).